The van der Waals surface area contributed by atoms with Crippen molar-refractivity contribution < 1.29 is 14.7 Å². The Kier molecular flexibility index (Phi) is 5.15. The lowest BCUT2D eigenvalue weighted by molar-refractivity contribution is -0.137. The monoisotopic (exact) mass is 319 g/mol. The second-order valence-corrected chi connectivity index (χ2v) is 5.59. The summed E-state index contributed by atoms with van der Waals surface area (Å²) in [5.41, 5.74) is 2.26. The molecule has 0 aromatic carbocycles. The van der Waals surface area contributed by atoms with Gasteiger partial charge in [0.25, 0.3) is 5.91 Å². The van der Waals surface area contributed by atoms with Crippen LogP contribution >= 0.6 is 0 Å². The summed E-state index contributed by atoms with van der Waals surface area (Å²) in [6, 6.07) is 3.45. The zero-order chi connectivity index (χ0) is 17.0. The topological polar surface area (TPSA) is 102 Å². The van der Waals surface area contributed by atoms with Crippen LogP contribution in [0, 0.1) is 13.8 Å². The average molecular weight is 319 g/mol. The molecule has 0 aliphatic heterocycles. The molecular formula is C15H21N5O3. The third kappa shape index (κ3) is 4.67. The minimum Gasteiger partial charge on any atom is -0.481 e. The van der Waals surface area contributed by atoms with E-state index in [1.807, 2.05) is 31.5 Å². The molecule has 2 aromatic rings. The van der Waals surface area contributed by atoms with Gasteiger partial charge in [0.2, 0.25) is 0 Å². The van der Waals surface area contributed by atoms with E-state index in [0.29, 0.717) is 6.54 Å². The number of nitrogens with zero attached hydrogens (tertiary/aromatic N) is 4. The first-order chi connectivity index (χ1) is 10.8. The van der Waals surface area contributed by atoms with E-state index in [1.54, 1.807) is 12.3 Å². The number of nitrogens with one attached hydrogen (secondary N) is 1. The molecule has 0 fully saturated rings. The molecule has 23 heavy (non-hydrogen) atoms. The molecule has 2 aromatic heterocycles. The van der Waals surface area contributed by atoms with Gasteiger partial charge in [0.1, 0.15) is 5.69 Å². The molecule has 0 saturated carbocycles. The lowest BCUT2D eigenvalue weighted by Gasteiger charge is -2.14. The van der Waals surface area contributed by atoms with Crippen molar-refractivity contribution in [3.05, 3.63) is 35.4 Å². The first-order valence-corrected chi connectivity index (χ1v) is 7.42. The van der Waals surface area contributed by atoms with Gasteiger partial charge >= 0.3 is 5.97 Å². The fraction of sp³-hybridized carbons (Fsp3) is 0.467. The smallest absolute Gasteiger partial charge is 0.305 e. The largest absolute Gasteiger partial charge is 0.481 e. The van der Waals surface area contributed by atoms with Gasteiger partial charge < -0.3 is 10.4 Å². The van der Waals surface area contributed by atoms with Gasteiger partial charge in [0.05, 0.1) is 25.2 Å². The number of rotatable bonds is 7. The van der Waals surface area contributed by atoms with E-state index < -0.39 is 5.97 Å². The molecule has 0 bridgehead atoms. The molecule has 1 unspecified atom stereocenters. The number of amides is 1. The number of carboxylic acid groups (broad SMARTS) is 1. The number of carboxylic acids is 1. The van der Waals surface area contributed by atoms with Crippen molar-refractivity contribution in [1.82, 2.24) is 24.9 Å². The SMILES string of the molecule is Cc1cc(C)n(CC(C)NC(=O)c2ccn(CCC(=O)O)n2)n1. The van der Waals surface area contributed by atoms with Gasteiger partial charge in [0, 0.05) is 17.9 Å². The van der Waals surface area contributed by atoms with Crippen molar-refractivity contribution in [3.8, 4) is 0 Å². The normalized spacial score (nSPS) is 12.1. The van der Waals surface area contributed by atoms with Crippen LogP contribution in [-0.2, 0) is 17.9 Å². The Morgan fingerprint density at radius 2 is 2.09 bits per heavy atom. The summed E-state index contributed by atoms with van der Waals surface area (Å²) in [6.45, 7) is 6.61. The lowest BCUT2D eigenvalue weighted by atomic mass is 10.3. The van der Waals surface area contributed by atoms with E-state index in [1.165, 1.54) is 4.68 Å². The molecule has 0 radical (unpaired) electrons. The predicted octanol–water partition coefficient (Wildman–Crippen LogP) is 0.990. The predicted molar refractivity (Wildman–Crippen MR) is 83.1 cm³/mol. The van der Waals surface area contributed by atoms with Crippen LogP contribution in [0.2, 0.25) is 0 Å². The van der Waals surface area contributed by atoms with Gasteiger partial charge in [-0.1, -0.05) is 0 Å². The number of hydrogen-bond donors (Lipinski definition) is 2. The molecule has 0 aliphatic rings. The molecule has 2 N–H and O–H groups in total. The molecule has 8 heteroatoms. The van der Waals surface area contributed by atoms with E-state index >= 15 is 0 Å². The number of carbonyl (C=O) groups is 2. The average Bonchev–Trinajstić information content (AvgIpc) is 3.03. The number of aromatic nitrogens is 4. The second-order valence-electron chi connectivity index (χ2n) is 5.59. The van der Waals surface area contributed by atoms with Gasteiger partial charge in [-0.2, -0.15) is 10.2 Å². The quantitative estimate of drug-likeness (QED) is 0.792. The number of hydrogen-bond acceptors (Lipinski definition) is 4. The maximum Gasteiger partial charge on any atom is 0.305 e. The standard InChI is InChI=1S/C15H21N5O3/c1-10-8-12(3)20(17-10)9-11(2)16-15(23)13-4-6-19(18-13)7-5-14(21)22/h4,6,8,11H,5,7,9H2,1-3H3,(H,16,23)(H,21,22). The second kappa shape index (κ2) is 7.08. The Bertz CT molecular complexity index is 704. The van der Waals surface area contributed by atoms with Crippen LogP contribution in [0.25, 0.3) is 0 Å². The highest BCUT2D eigenvalue weighted by atomic mass is 16.4. The van der Waals surface area contributed by atoms with Crippen LogP contribution in [0.1, 0.15) is 35.2 Å². The van der Waals surface area contributed by atoms with Gasteiger partial charge in [0.15, 0.2) is 0 Å². The van der Waals surface area contributed by atoms with Crippen molar-refractivity contribution in [3.63, 3.8) is 0 Å². The molecule has 0 saturated heterocycles. The van der Waals surface area contributed by atoms with E-state index in [0.717, 1.165) is 11.4 Å². The zero-order valence-electron chi connectivity index (χ0n) is 13.5. The van der Waals surface area contributed by atoms with Gasteiger partial charge in [-0.25, -0.2) is 0 Å². The van der Waals surface area contributed by atoms with Crippen LogP contribution in [0.4, 0.5) is 0 Å². The summed E-state index contributed by atoms with van der Waals surface area (Å²) in [6.07, 6.45) is 1.57. The Balaban J connectivity index is 1.90. The van der Waals surface area contributed by atoms with Crippen LogP contribution in [-0.4, -0.2) is 42.6 Å². The number of aryl methyl sites for hydroxylation is 3. The Morgan fingerprint density at radius 1 is 1.35 bits per heavy atom. The molecule has 1 atom stereocenters. The van der Waals surface area contributed by atoms with E-state index in [4.69, 9.17) is 5.11 Å². The highest BCUT2D eigenvalue weighted by Crippen LogP contribution is 2.04. The van der Waals surface area contributed by atoms with Gasteiger partial charge in [-0.05, 0) is 32.9 Å². The molecule has 1 amide bonds. The summed E-state index contributed by atoms with van der Waals surface area (Å²) >= 11 is 0. The minimum atomic E-state index is -0.898. The summed E-state index contributed by atoms with van der Waals surface area (Å²) in [7, 11) is 0. The van der Waals surface area contributed by atoms with E-state index in [9.17, 15) is 9.59 Å². The molecular weight excluding hydrogens is 298 g/mol. The molecule has 0 spiro atoms. The summed E-state index contributed by atoms with van der Waals surface area (Å²) < 4.78 is 3.31. The number of aliphatic carboxylic acids is 1. The molecule has 124 valence electrons. The van der Waals surface area contributed by atoms with Crippen molar-refractivity contribution in [2.45, 2.75) is 46.3 Å². The minimum absolute atomic E-state index is 0.0307. The highest BCUT2D eigenvalue weighted by molar-refractivity contribution is 5.92. The maximum absolute atomic E-state index is 12.2. The van der Waals surface area contributed by atoms with Gasteiger partial charge in [-0.3, -0.25) is 19.0 Å². The highest BCUT2D eigenvalue weighted by Gasteiger charge is 2.14. The van der Waals surface area contributed by atoms with Gasteiger partial charge in [-0.15, -0.1) is 0 Å². The van der Waals surface area contributed by atoms with Crippen molar-refractivity contribution in [1.29, 1.82) is 0 Å². The van der Waals surface area contributed by atoms with Crippen LogP contribution in [0.3, 0.4) is 0 Å². The first kappa shape index (κ1) is 16.7. The van der Waals surface area contributed by atoms with Crippen LogP contribution < -0.4 is 5.32 Å². The fourth-order valence-corrected chi connectivity index (χ4v) is 2.28. The Labute approximate surface area is 134 Å². The lowest BCUT2D eigenvalue weighted by Crippen LogP contribution is -2.36. The third-order valence-electron chi connectivity index (χ3n) is 3.36. The molecule has 8 nitrogen and oxygen atoms in total. The summed E-state index contributed by atoms with van der Waals surface area (Å²) in [4.78, 5) is 22.7. The summed E-state index contributed by atoms with van der Waals surface area (Å²) in [5.74, 6) is -1.18. The van der Waals surface area contributed by atoms with Crippen molar-refractivity contribution >= 4 is 11.9 Å². The maximum atomic E-state index is 12.2. The zero-order valence-corrected chi connectivity index (χ0v) is 13.5. The summed E-state index contributed by atoms with van der Waals surface area (Å²) in [5, 5.41) is 20.0. The van der Waals surface area contributed by atoms with Crippen LogP contribution in [0.15, 0.2) is 18.3 Å². The molecule has 0 aliphatic carbocycles. The van der Waals surface area contributed by atoms with Crippen LogP contribution in [0.5, 0.6) is 0 Å². The van der Waals surface area contributed by atoms with Crippen molar-refractivity contribution in [2.75, 3.05) is 0 Å². The first-order valence-electron chi connectivity index (χ1n) is 7.42. The number of carbonyl (C=O) groups excluding carboxylic acids is 1. The van der Waals surface area contributed by atoms with E-state index in [-0.39, 0.29) is 30.6 Å². The Morgan fingerprint density at radius 3 is 2.70 bits per heavy atom. The Hall–Kier alpha value is -2.64. The molecule has 2 heterocycles. The molecule has 2 rings (SSSR count). The van der Waals surface area contributed by atoms with E-state index in [2.05, 4.69) is 15.5 Å². The fourth-order valence-electron chi connectivity index (χ4n) is 2.28. The third-order valence-corrected chi connectivity index (χ3v) is 3.36. The van der Waals surface area contributed by atoms with Crippen molar-refractivity contribution in [2.24, 2.45) is 0 Å².